The monoisotopic (exact) mass is 258 g/mol. The second-order valence-corrected chi connectivity index (χ2v) is 4.60. The number of nitrogens with zero attached hydrogens (tertiary/aromatic N) is 1. The number of hydrogen-bond acceptors (Lipinski definition) is 2. The fraction of sp³-hybridized carbons (Fsp3) is 0.417. The largest absolute Gasteiger partial charge is 1.00 e. The Hall–Kier alpha value is -1.26. The predicted octanol–water partition coefficient (Wildman–Crippen LogP) is -1.09. The number of rotatable bonds is 2. The van der Waals surface area contributed by atoms with Gasteiger partial charge in [0, 0.05) is 13.1 Å². The SMILES string of the molecule is CNC(=O)Oc1cc([N+](C)(C)C)ccc1C.[Cl-]. The molecular weight excluding hydrogens is 240 g/mol. The van der Waals surface area contributed by atoms with Gasteiger partial charge in [-0.2, -0.15) is 0 Å². The second-order valence-electron chi connectivity index (χ2n) is 4.60. The van der Waals surface area contributed by atoms with Crippen molar-refractivity contribution in [3.05, 3.63) is 23.8 Å². The van der Waals surface area contributed by atoms with Crippen LogP contribution in [0.2, 0.25) is 0 Å². The minimum Gasteiger partial charge on any atom is -1.00 e. The van der Waals surface area contributed by atoms with Gasteiger partial charge in [0.15, 0.2) is 0 Å². The highest BCUT2D eigenvalue weighted by Crippen LogP contribution is 2.26. The van der Waals surface area contributed by atoms with Crippen LogP contribution >= 0.6 is 0 Å². The number of halogens is 1. The maximum atomic E-state index is 11.2. The Kier molecular flexibility index (Phi) is 5.45. The van der Waals surface area contributed by atoms with Gasteiger partial charge in [0.05, 0.1) is 21.1 Å². The molecule has 0 aliphatic heterocycles. The van der Waals surface area contributed by atoms with Crippen LogP contribution in [0.3, 0.4) is 0 Å². The summed E-state index contributed by atoms with van der Waals surface area (Å²) in [5.41, 5.74) is 2.03. The Morgan fingerprint density at radius 1 is 1.29 bits per heavy atom. The lowest BCUT2D eigenvalue weighted by Crippen LogP contribution is -3.00. The van der Waals surface area contributed by atoms with Crippen molar-refractivity contribution in [2.24, 2.45) is 0 Å². The zero-order chi connectivity index (χ0) is 12.3. The zero-order valence-corrected chi connectivity index (χ0v) is 11.6. The fourth-order valence-corrected chi connectivity index (χ4v) is 1.27. The smallest absolute Gasteiger partial charge is 0.412 e. The number of nitrogens with one attached hydrogen (secondary N) is 1. The van der Waals surface area contributed by atoms with Crippen molar-refractivity contribution in [1.82, 2.24) is 9.80 Å². The van der Waals surface area contributed by atoms with E-state index < -0.39 is 6.09 Å². The van der Waals surface area contributed by atoms with Gasteiger partial charge in [-0.25, -0.2) is 4.79 Å². The van der Waals surface area contributed by atoms with E-state index in [2.05, 4.69) is 26.5 Å². The van der Waals surface area contributed by atoms with Gasteiger partial charge >= 0.3 is 6.09 Å². The van der Waals surface area contributed by atoms with Crippen LogP contribution < -0.4 is 26.9 Å². The highest BCUT2D eigenvalue weighted by molar-refractivity contribution is 5.71. The Morgan fingerprint density at radius 3 is 2.35 bits per heavy atom. The van der Waals surface area contributed by atoms with Gasteiger partial charge in [-0.3, -0.25) is 4.48 Å². The molecule has 0 bridgehead atoms. The molecular formula is C12H19ClN2O2. The van der Waals surface area contributed by atoms with Crippen molar-refractivity contribution in [2.75, 3.05) is 28.2 Å². The number of quaternary nitrogens is 1. The number of carbonyl (C=O) groups excluding carboxylic acids is 1. The van der Waals surface area contributed by atoms with Crippen molar-refractivity contribution >= 4 is 11.8 Å². The molecule has 96 valence electrons. The number of aryl methyl sites for hydroxylation is 1. The lowest BCUT2D eigenvalue weighted by molar-refractivity contribution is -0.00000853. The molecule has 0 aromatic heterocycles. The summed E-state index contributed by atoms with van der Waals surface area (Å²) in [5.74, 6) is 0.602. The van der Waals surface area contributed by atoms with Gasteiger partial charge < -0.3 is 22.5 Å². The van der Waals surface area contributed by atoms with Gasteiger partial charge in [0.1, 0.15) is 11.4 Å². The molecule has 17 heavy (non-hydrogen) atoms. The summed E-state index contributed by atoms with van der Waals surface area (Å²) >= 11 is 0. The molecule has 0 aliphatic carbocycles. The van der Waals surface area contributed by atoms with Crippen LogP contribution in [0.4, 0.5) is 10.5 Å². The molecule has 4 nitrogen and oxygen atoms in total. The molecule has 0 spiro atoms. The summed E-state index contributed by atoms with van der Waals surface area (Å²) < 4.78 is 5.85. The Morgan fingerprint density at radius 2 is 1.88 bits per heavy atom. The number of ether oxygens (including phenoxy) is 1. The van der Waals surface area contributed by atoms with E-state index in [0.29, 0.717) is 10.2 Å². The number of benzene rings is 1. The first-order valence-electron chi connectivity index (χ1n) is 5.17. The minimum atomic E-state index is -0.443. The molecule has 1 amide bonds. The number of carbonyl (C=O) groups is 1. The summed E-state index contributed by atoms with van der Waals surface area (Å²) in [6.45, 7) is 1.91. The van der Waals surface area contributed by atoms with Crippen LogP contribution in [0.15, 0.2) is 18.2 Å². The summed E-state index contributed by atoms with van der Waals surface area (Å²) in [6.07, 6.45) is -0.443. The molecule has 0 fully saturated rings. The molecule has 1 aromatic rings. The predicted molar refractivity (Wildman–Crippen MR) is 65.8 cm³/mol. The first-order valence-corrected chi connectivity index (χ1v) is 5.17. The van der Waals surface area contributed by atoms with E-state index in [0.717, 1.165) is 11.3 Å². The van der Waals surface area contributed by atoms with E-state index in [1.54, 1.807) is 7.05 Å². The maximum Gasteiger partial charge on any atom is 0.412 e. The van der Waals surface area contributed by atoms with Gasteiger partial charge in [0.2, 0.25) is 0 Å². The Bertz CT molecular complexity index is 400. The first kappa shape index (κ1) is 15.7. The van der Waals surface area contributed by atoms with Gasteiger partial charge in [-0.05, 0) is 24.6 Å². The van der Waals surface area contributed by atoms with E-state index in [1.165, 1.54) is 0 Å². The minimum absolute atomic E-state index is 0. The van der Waals surface area contributed by atoms with Crippen LogP contribution in [-0.4, -0.2) is 34.3 Å². The van der Waals surface area contributed by atoms with Crippen molar-refractivity contribution < 1.29 is 21.9 Å². The average Bonchev–Trinajstić information content (AvgIpc) is 2.19. The number of amides is 1. The Labute approximate surface area is 109 Å². The van der Waals surface area contributed by atoms with E-state index in [9.17, 15) is 4.79 Å². The van der Waals surface area contributed by atoms with E-state index in [4.69, 9.17) is 4.74 Å². The fourth-order valence-electron chi connectivity index (χ4n) is 1.27. The molecule has 0 unspecified atom stereocenters. The highest BCUT2D eigenvalue weighted by atomic mass is 35.5. The van der Waals surface area contributed by atoms with Gasteiger partial charge in [0.25, 0.3) is 0 Å². The van der Waals surface area contributed by atoms with E-state index in [-0.39, 0.29) is 12.4 Å². The molecule has 5 heteroatoms. The van der Waals surface area contributed by atoms with E-state index in [1.807, 2.05) is 25.1 Å². The molecule has 0 atom stereocenters. The third-order valence-corrected chi connectivity index (χ3v) is 2.35. The molecule has 0 saturated heterocycles. The summed E-state index contributed by atoms with van der Waals surface area (Å²) in [7, 11) is 7.73. The average molecular weight is 259 g/mol. The van der Waals surface area contributed by atoms with Crippen LogP contribution in [0.25, 0.3) is 0 Å². The van der Waals surface area contributed by atoms with Crippen LogP contribution in [0.1, 0.15) is 5.56 Å². The van der Waals surface area contributed by atoms with Crippen LogP contribution in [0, 0.1) is 6.92 Å². The standard InChI is InChI=1S/C12H18N2O2.ClH/c1-9-6-7-10(14(3,4)5)8-11(9)16-12(15)13-2;/h6-8H,1-5H3;1H. The van der Waals surface area contributed by atoms with E-state index >= 15 is 0 Å². The van der Waals surface area contributed by atoms with Gasteiger partial charge in [-0.15, -0.1) is 0 Å². The van der Waals surface area contributed by atoms with Crippen molar-refractivity contribution in [2.45, 2.75) is 6.92 Å². The normalized spacial score (nSPS) is 10.4. The van der Waals surface area contributed by atoms with Crippen molar-refractivity contribution in [1.29, 1.82) is 0 Å². The molecule has 1 aromatic carbocycles. The summed E-state index contributed by atoms with van der Waals surface area (Å²) in [5, 5.41) is 2.43. The van der Waals surface area contributed by atoms with Crippen LogP contribution in [-0.2, 0) is 0 Å². The van der Waals surface area contributed by atoms with Crippen LogP contribution in [0.5, 0.6) is 5.75 Å². The van der Waals surface area contributed by atoms with Crippen molar-refractivity contribution in [3.63, 3.8) is 0 Å². The lowest BCUT2D eigenvalue weighted by Gasteiger charge is -2.24. The third kappa shape index (κ3) is 4.24. The molecule has 0 saturated carbocycles. The molecule has 1 rings (SSSR count). The first-order chi connectivity index (χ1) is 7.34. The third-order valence-electron chi connectivity index (χ3n) is 2.35. The highest BCUT2D eigenvalue weighted by Gasteiger charge is 2.15. The quantitative estimate of drug-likeness (QED) is 0.685. The molecule has 0 aliphatic rings. The topological polar surface area (TPSA) is 38.3 Å². The number of hydrogen-bond donors (Lipinski definition) is 1. The van der Waals surface area contributed by atoms with Gasteiger partial charge in [-0.1, -0.05) is 0 Å². The molecule has 0 radical (unpaired) electrons. The van der Waals surface area contributed by atoms with Crippen molar-refractivity contribution in [3.8, 4) is 5.75 Å². The lowest BCUT2D eigenvalue weighted by atomic mass is 10.2. The zero-order valence-electron chi connectivity index (χ0n) is 10.9. The molecule has 1 N–H and O–H groups in total. The second kappa shape index (κ2) is 5.89. The summed E-state index contributed by atoms with van der Waals surface area (Å²) in [6, 6.07) is 5.88. The maximum absolute atomic E-state index is 11.2. The summed E-state index contributed by atoms with van der Waals surface area (Å²) in [4.78, 5) is 11.2. The molecule has 0 heterocycles. The Balaban J connectivity index is 0.00000256.